The molecule has 0 aliphatic rings. The Kier molecular flexibility index (Phi) is 13.8. The lowest BCUT2D eigenvalue weighted by Gasteiger charge is -2.24. The first-order valence-corrected chi connectivity index (χ1v) is 18.1. The van der Waals surface area contributed by atoms with Gasteiger partial charge in [-0.2, -0.15) is 0 Å². The predicted molar refractivity (Wildman–Crippen MR) is 210 cm³/mol. The summed E-state index contributed by atoms with van der Waals surface area (Å²) >= 11 is 0. The molecule has 13 heteroatoms. The summed E-state index contributed by atoms with van der Waals surface area (Å²) in [4.78, 5) is 0. The van der Waals surface area contributed by atoms with Crippen molar-refractivity contribution in [2.24, 2.45) is 0 Å². The summed E-state index contributed by atoms with van der Waals surface area (Å²) < 4.78 is 75.5. The van der Waals surface area contributed by atoms with Crippen LogP contribution in [-0.4, -0.2) is 79.4 Å². The lowest BCUT2D eigenvalue weighted by atomic mass is 10.1. The van der Waals surface area contributed by atoms with Crippen molar-refractivity contribution in [2.45, 2.75) is 10.5 Å². The smallest absolute Gasteiger partial charge is 0.171 e. The molecule has 0 amide bonds. The average molecular weight is 749 g/mol. The third-order valence-corrected chi connectivity index (χ3v) is 11.0. The molecule has 4 rings (SSSR count). The second kappa shape index (κ2) is 18.2. The molecule has 0 aromatic heterocycles. The van der Waals surface area contributed by atoms with Crippen molar-refractivity contribution < 1.29 is 46.3 Å². The van der Waals surface area contributed by atoms with Gasteiger partial charge in [-0.3, -0.25) is 0 Å². The zero-order valence-corrected chi connectivity index (χ0v) is 32.5. The number of rotatable bonds is 18. The summed E-state index contributed by atoms with van der Waals surface area (Å²) in [5, 5.41) is 3.82. The van der Waals surface area contributed by atoms with E-state index in [1.807, 2.05) is 0 Å². The van der Waals surface area contributed by atoms with Crippen LogP contribution < -0.4 is 48.5 Å². The van der Waals surface area contributed by atoms with Crippen LogP contribution in [0, 0.1) is 0 Å². The lowest BCUT2D eigenvalue weighted by molar-refractivity contribution is 0.374. The second-order valence-corrected chi connectivity index (χ2v) is 13.7. The molecule has 4 aromatic rings. The molecule has 0 saturated heterocycles. The minimum Gasteiger partial charge on any atom is -0.496 e. The molecule has 0 spiro atoms. The van der Waals surface area contributed by atoms with Gasteiger partial charge in [0.05, 0.1) is 79.4 Å². The standard InChI is InChI=1S/C40H48N2O10S/c1-41-31-19-25(11-15-33(31)47-5)39(17-13-29-35(49-7)21-27(45-3)22-36(29)50-8)53(43,44)40(26-12-16-34(48-6)32(20-26)42-2)18-14-30-37(51-9)23-28(46-4)24-38(30)52-10/h11-24,39-42H,1-10H3. The number of ether oxygens (including phenoxy) is 8. The summed E-state index contributed by atoms with van der Waals surface area (Å²) in [7, 11) is 11.5. The molecule has 2 unspecified atom stereocenters. The van der Waals surface area contributed by atoms with Gasteiger partial charge >= 0.3 is 0 Å². The third kappa shape index (κ3) is 8.69. The summed E-state index contributed by atoms with van der Waals surface area (Å²) in [6.07, 6.45) is 6.63. The van der Waals surface area contributed by atoms with Gasteiger partial charge in [0, 0.05) is 38.4 Å². The molecule has 0 fully saturated rings. The van der Waals surface area contributed by atoms with Crippen LogP contribution in [0.5, 0.6) is 46.0 Å². The van der Waals surface area contributed by atoms with Gasteiger partial charge in [-0.1, -0.05) is 24.3 Å². The summed E-state index contributed by atoms with van der Waals surface area (Å²) in [6.45, 7) is 0. The molecule has 2 N–H and O–H groups in total. The quantitative estimate of drug-likeness (QED) is 0.105. The van der Waals surface area contributed by atoms with E-state index >= 15 is 8.42 Å². The number of sulfone groups is 1. The van der Waals surface area contributed by atoms with Crippen molar-refractivity contribution in [3.05, 3.63) is 95.1 Å². The molecule has 0 saturated carbocycles. The van der Waals surface area contributed by atoms with E-state index in [9.17, 15) is 0 Å². The van der Waals surface area contributed by atoms with Crippen LogP contribution in [0.15, 0.2) is 72.8 Å². The van der Waals surface area contributed by atoms with Gasteiger partial charge in [0.15, 0.2) is 9.84 Å². The first kappa shape index (κ1) is 40.1. The Labute approximate surface area is 312 Å². The maximum absolute atomic E-state index is 15.4. The fraction of sp³-hybridized carbons (Fsp3) is 0.300. The van der Waals surface area contributed by atoms with Gasteiger partial charge in [0.25, 0.3) is 0 Å². The van der Waals surface area contributed by atoms with Crippen molar-refractivity contribution in [2.75, 3.05) is 81.6 Å². The van der Waals surface area contributed by atoms with E-state index in [2.05, 4.69) is 10.6 Å². The van der Waals surface area contributed by atoms with E-state index in [4.69, 9.17) is 37.9 Å². The molecule has 53 heavy (non-hydrogen) atoms. The van der Waals surface area contributed by atoms with Crippen LogP contribution in [0.1, 0.15) is 32.8 Å². The lowest BCUT2D eigenvalue weighted by Crippen LogP contribution is -2.19. The van der Waals surface area contributed by atoms with E-state index < -0.39 is 20.3 Å². The molecule has 4 aromatic carbocycles. The van der Waals surface area contributed by atoms with Crippen molar-refractivity contribution in [3.8, 4) is 46.0 Å². The van der Waals surface area contributed by atoms with Gasteiger partial charge in [-0.15, -0.1) is 0 Å². The summed E-state index contributed by atoms with van der Waals surface area (Å²) in [5.74, 6) is 3.88. The Balaban J connectivity index is 2.04. The largest absolute Gasteiger partial charge is 0.496 e. The van der Waals surface area contributed by atoms with Gasteiger partial charge in [-0.25, -0.2) is 8.42 Å². The molecule has 0 heterocycles. The van der Waals surface area contributed by atoms with E-state index in [-0.39, 0.29) is 0 Å². The van der Waals surface area contributed by atoms with Crippen molar-refractivity contribution in [1.29, 1.82) is 0 Å². The number of anilines is 2. The van der Waals surface area contributed by atoms with Crippen LogP contribution in [0.25, 0.3) is 12.2 Å². The highest BCUT2D eigenvalue weighted by Gasteiger charge is 2.35. The highest BCUT2D eigenvalue weighted by Crippen LogP contribution is 2.44. The van der Waals surface area contributed by atoms with Crippen LogP contribution >= 0.6 is 0 Å². The SMILES string of the molecule is CNc1cc(C(C=Cc2c(OC)cc(OC)cc2OC)S(=O)(=O)C(C=Cc2c(OC)cc(OC)cc2OC)c2ccc(OC)c(NC)c2)ccc1OC. The van der Waals surface area contributed by atoms with Crippen LogP contribution in [0.2, 0.25) is 0 Å². The molecular formula is C40H48N2O10S. The van der Waals surface area contributed by atoms with Crippen molar-refractivity contribution in [1.82, 2.24) is 0 Å². The Bertz CT molecular complexity index is 1860. The molecule has 0 radical (unpaired) electrons. The fourth-order valence-electron chi connectivity index (χ4n) is 5.94. The van der Waals surface area contributed by atoms with Gasteiger partial charge in [0.2, 0.25) is 0 Å². The monoisotopic (exact) mass is 748 g/mol. The first-order valence-electron chi connectivity index (χ1n) is 16.5. The van der Waals surface area contributed by atoms with Crippen LogP contribution in [-0.2, 0) is 9.84 Å². The molecule has 2 atom stereocenters. The highest BCUT2D eigenvalue weighted by molar-refractivity contribution is 7.92. The minimum absolute atomic E-state index is 0.434. The maximum Gasteiger partial charge on any atom is 0.171 e. The van der Waals surface area contributed by atoms with E-state index in [0.29, 0.717) is 79.6 Å². The van der Waals surface area contributed by atoms with Crippen LogP contribution in [0.3, 0.4) is 0 Å². The van der Waals surface area contributed by atoms with E-state index in [0.717, 1.165) is 0 Å². The van der Waals surface area contributed by atoms with E-state index in [1.165, 1.54) is 28.4 Å². The Morgan fingerprint density at radius 2 is 0.792 bits per heavy atom. The first-order chi connectivity index (χ1) is 25.6. The fourth-order valence-corrected chi connectivity index (χ4v) is 7.90. The summed E-state index contributed by atoms with van der Waals surface area (Å²) in [6, 6.07) is 17.3. The van der Waals surface area contributed by atoms with Gasteiger partial charge < -0.3 is 48.5 Å². The number of nitrogens with one attached hydrogen (secondary N) is 2. The number of hydrogen-bond donors (Lipinski definition) is 2. The number of hydrogen-bond acceptors (Lipinski definition) is 12. The molecule has 12 nitrogen and oxygen atoms in total. The molecular weight excluding hydrogens is 701 g/mol. The highest BCUT2D eigenvalue weighted by atomic mass is 32.2. The van der Waals surface area contributed by atoms with E-state index in [1.54, 1.807) is 128 Å². The summed E-state index contributed by atoms with van der Waals surface area (Å²) in [5.41, 5.74) is 3.25. The predicted octanol–water partition coefficient (Wildman–Crippen LogP) is 7.46. The Morgan fingerprint density at radius 1 is 0.472 bits per heavy atom. The topological polar surface area (TPSA) is 132 Å². The normalized spacial score (nSPS) is 12.6. The van der Waals surface area contributed by atoms with Gasteiger partial charge in [0.1, 0.15) is 56.5 Å². The average Bonchev–Trinajstić information content (AvgIpc) is 3.19. The van der Waals surface area contributed by atoms with Crippen molar-refractivity contribution in [3.63, 3.8) is 0 Å². The Morgan fingerprint density at radius 3 is 1.06 bits per heavy atom. The van der Waals surface area contributed by atoms with Crippen LogP contribution in [0.4, 0.5) is 11.4 Å². The number of benzene rings is 4. The Hall–Kier alpha value is -5.69. The molecule has 0 aliphatic carbocycles. The van der Waals surface area contributed by atoms with Crippen molar-refractivity contribution >= 4 is 33.4 Å². The molecule has 0 bridgehead atoms. The zero-order valence-electron chi connectivity index (χ0n) is 31.7. The molecule has 284 valence electrons. The third-order valence-electron chi connectivity index (χ3n) is 8.73. The molecule has 0 aliphatic heterocycles. The second-order valence-electron chi connectivity index (χ2n) is 11.5. The zero-order chi connectivity index (χ0) is 38.7. The minimum atomic E-state index is -4.23. The van der Waals surface area contributed by atoms with Gasteiger partial charge in [-0.05, 0) is 47.5 Å². The number of methoxy groups -OCH3 is 8. The maximum atomic E-state index is 15.4.